The minimum Gasteiger partial charge on any atom is -0.508 e. The lowest BCUT2D eigenvalue weighted by Crippen LogP contribution is -2.17. The lowest BCUT2D eigenvalue weighted by molar-refractivity contribution is 0.172. The first-order valence-corrected chi connectivity index (χ1v) is 5.29. The van der Waals surface area contributed by atoms with Crippen LogP contribution in [0, 0.1) is 0 Å². The zero-order valence-corrected chi connectivity index (χ0v) is 10.2. The number of aliphatic hydroxyl groups excluding tert-OH is 1. The highest BCUT2D eigenvalue weighted by molar-refractivity contribution is 9.10. The van der Waals surface area contributed by atoms with Crippen molar-refractivity contribution in [3.8, 4) is 11.5 Å². The molecule has 1 rings (SSSR count). The van der Waals surface area contributed by atoms with Crippen molar-refractivity contribution in [1.82, 2.24) is 5.32 Å². The van der Waals surface area contributed by atoms with Gasteiger partial charge in [-0.1, -0.05) is 0 Å². The third kappa shape index (κ3) is 2.62. The van der Waals surface area contributed by atoms with Gasteiger partial charge in [-0.25, -0.2) is 0 Å². The van der Waals surface area contributed by atoms with Crippen LogP contribution in [0.2, 0.25) is 0 Å². The Morgan fingerprint density at radius 2 is 2.20 bits per heavy atom. The summed E-state index contributed by atoms with van der Waals surface area (Å²) in [4.78, 5) is 0. The second kappa shape index (κ2) is 5.34. The van der Waals surface area contributed by atoms with Gasteiger partial charge in [0.25, 0.3) is 0 Å². The Morgan fingerprint density at radius 1 is 1.53 bits per heavy atom. The van der Waals surface area contributed by atoms with E-state index in [1.807, 2.05) is 0 Å². The number of phenolic OH excluding ortho intramolecular Hbond substituents is 1. The van der Waals surface area contributed by atoms with Crippen molar-refractivity contribution in [2.75, 3.05) is 20.7 Å². The predicted octanol–water partition coefficient (Wildman–Crippen LogP) is 1.42. The summed E-state index contributed by atoms with van der Waals surface area (Å²) in [6.07, 6.45) is -0.778. The van der Waals surface area contributed by atoms with E-state index in [4.69, 9.17) is 4.74 Å². The maximum absolute atomic E-state index is 9.79. The van der Waals surface area contributed by atoms with E-state index in [1.54, 1.807) is 13.1 Å². The van der Waals surface area contributed by atoms with Crippen molar-refractivity contribution in [3.05, 3.63) is 22.2 Å². The second-order valence-electron chi connectivity index (χ2n) is 3.09. The Bertz CT molecular complexity index is 344. The van der Waals surface area contributed by atoms with Crippen molar-refractivity contribution in [2.45, 2.75) is 6.10 Å². The first kappa shape index (κ1) is 12.3. The Kier molecular flexibility index (Phi) is 4.38. The highest BCUT2D eigenvalue weighted by Gasteiger charge is 2.18. The summed E-state index contributed by atoms with van der Waals surface area (Å²) >= 11 is 3.29. The third-order valence-corrected chi connectivity index (χ3v) is 2.89. The van der Waals surface area contributed by atoms with Gasteiger partial charge in [-0.3, -0.25) is 0 Å². The Labute approximate surface area is 97.0 Å². The molecule has 0 aliphatic heterocycles. The topological polar surface area (TPSA) is 61.7 Å². The van der Waals surface area contributed by atoms with Crippen LogP contribution in [0.3, 0.4) is 0 Å². The summed E-state index contributed by atoms with van der Waals surface area (Å²) in [6, 6.07) is 3.13. The summed E-state index contributed by atoms with van der Waals surface area (Å²) in [5.74, 6) is 0.628. The van der Waals surface area contributed by atoms with Crippen LogP contribution in [-0.2, 0) is 0 Å². The number of hydrogen-bond donors (Lipinski definition) is 3. The Morgan fingerprint density at radius 3 is 2.73 bits per heavy atom. The molecule has 0 heterocycles. The van der Waals surface area contributed by atoms with Crippen LogP contribution in [0.1, 0.15) is 11.7 Å². The van der Waals surface area contributed by atoms with Crippen LogP contribution in [0.4, 0.5) is 0 Å². The van der Waals surface area contributed by atoms with Gasteiger partial charge in [-0.15, -0.1) is 0 Å². The first-order valence-electron chi connectivity index (χ1n) is 4.49. The summed E-state index contributed by atoms with van der Waals surface area (Å²) in [7, 11) is 3.26. The number of methoxy groups -OCH3 is 1. The molecule has 0 bridgehead atoms. The molecule has 4 nitrogen and oxygen atoms in total. The Hall–Kier alpha value is -0.780. The third-order valence-electron chi connectivity index (χ3n) is 2.07. The van der Waals surface area contributed by atoms with E-state index in [1.165, 1.54) is 13.2 Å². The fraction of sp³-hybridized carbons (Fsp3) is 0.400. The molecule has 0 aliphatic rings. The number of nitrogens with one attached hydrogen (secondary N) is 1. The number of halogens is 1. The minimum absolute atomic E-state index is 0.0467. The first-order chi connectivity index (χ1) is 7.11. The molecular weight excluding hydrogens is 262 g/mol. The van der Waals surface area contributed by atoms with Crippen molar-refractivity contribution in [1.29, 1.82) is 0 Å². The molecule has 1 aromatic carbocycles. The van der Waals surface area contributed by atoms with Crippen molar-refractivity contribution < 1.29 is 14.9 Å². The van der Waals surface area contributed by atoms with Gasteiger partial charge in [0.2, 0.25) is 0 Å². The number of likely N-dealkylation sites (N-methyl/N-ethyl adjacent to an activating group) is 1. The zero-order valence-electron chi connectivity index (χ0n) is 8.62. The highest BCUT2D eigenvalue weighted by Crippen LogP contribution is 2.38. The van der Waals surface area contributed by atoms with E-state index < -0.39 is 6.10 Å². The fourth-order valence-electron chi connectivity index (χ4n) is 1.33. The van der Waals surface area contributed by atoms with Gasteiger partial charge in [-0.2, -0.15) is 0 Å². The largest absolute Gasteiger partial charge is 0.508 e. The molecular formula is C10H14BrNO3. The van der Waals surface area contributed by atoms with Gasteiger partial charge in [-0.05, 0) is 35.1 Å². The van der Waals surface area contributed by atoms with E-state index >= 15 is 0 Å². The number of aromatic hydroxyl groups is 1. The molecule has 1 unspecified atom stereocenters. The number of benzene rings is 1. The highest BCUT2D eigenvalue weighted by atomic mass is 79.9. The van der Waals surface area contributed by atoms with Gasteiger partial charge in [0, 0.05) is 12.1 Å². The lowest BCUT2D eigenvalue weighted by atomic mass is 10.1. The average molecular weight is 276 g/mol. The summed E-state index contributed by atoms with van der Waals surface area (Å²) in [6.45, 7) is 0.360. The van der Waals surface area contributed by atoms with Crippen LogP contribution in [0.15, 0.2) is 16.6 Å². The number of ether oxygens (including phenoxy) is 1. The molecule has 1 atom stereocenters. The van der Waals surface area contributed by atoms with Crippen LogP contribution in [0.5, 0.6) is 11.5 Å². The average Bonchev–Trinajstić information content (AvgIpc) is 2.18. The molecule has 3 N–H and O–H groups in total. The molecule has 84 valence electrons. The summed E-state index contributed by atoms with van der Waals surface area (Å²) in [5, 5.41) is 22.3. The van der Waals surface area contributed by atoms with E-state index in [0.29, 0.717) is 22.3 Å². The maximum atomic E-state index is 9.79. The molecule has 0 radical (unpaired) electrons. The summed E-state index contributed by atoms with van der Waals surface area (Å²) < 4.78 is 5.66. The van der Waals surface area contributed by atoms with Crippen LogP contribution in [-0.4, -0.2) is 30.9 Å². The SMILES string of the molecule is CNCC(O)c1c(O)ccc(OC)c1Br. The molecule has 0 amide bonds. The molecule has 1 aromatic rings. The number of aliphatic hydroxyl groups is 1. The normalized spacial score (nSPS) is 12.5. The van der Waals surface area contributed by atoms with E-state index in [0.717, 1.165) is 0 Å². The van der Waals surface area contributed by atoms with Crippen molar-refractivity contribution in [3.63, 3.8) is 0 Å². The molecule has 0 saturated carbocycles. The van der Waals surface area contributed by atoms with Gasteiger partial charge in [0.15, 0.2) is 0 Å². The van der Waals surface area contributed by atoms with Gasteiger partial charge in [0.05, 0.1) is 17.7 Å². The van der Waals surface area contributed by atoms with Gasteiger partial charge < -0.3 is 20.3 Å². The predicted molar refractivity (Wildman–Crippen MR) is 61.2 cm³/mol. The lowest BCUT2D eigenvalue weighted by Gasteiger charge is -2.16. The van der Waals surface area contributed by atoms with Crippen LogP contribution >= 0.6 is 15.9 Å². The smallest absolute Gasteiger partial charge is 0.133 e. The minimum atomic E-state index is -0.778. The zero-order chi connectivity index (χ0) is 11.4. The quantitative estimate of drug-likeness (QED) is 0.778. The van der Waals surface area contributed by atoms with E-state index in [2.05, 4.69) is 21.2 Å². The molecule has 0 spiro atoms. The number of phenols is 1. The molecule has 0 aromatic heterocycles. The summed E-state index contributed by atoms with van der Waals surface area (Å²) in [5.41, 5.74) is 0.434. The van der Waals surface area contributed by atoms with Crippen molar-refractivity contribution in [2.24, 2.45) is 0 Å². The van der Waals surface area contributed by atoms with Crippen LogP contribution in [0.25, 0.3) is 0 Å². The van der Waals surface area contributed by atoms with Crippen LogP contribution < -0.4 is 10.1 Å². The molecule has 0 aliphatic carbocycles. The Balaban J connectivity index is 3.14. The van der Waals surface area contributed by atoms with Gasteiger partial charge in [0.1, 0.15) is 11.5 Å². The molecule has 5 heteroatoms. The standard InChI is InChI=1S/C10H14BrNO3/c1-12-5-7(14)9-6(13)3-4-8(15-2)10(9)11/h3-4,7,12-14H,5H2,1-2H3. The fourth-order valence-corrected chi connectivity index (χ4v) is 2.09. The molecule has 0 saturated heterocycles. The maximum Gasteiger partial charge on any atom is 0.133 e. The van der Waals surface area contributed by atoms with E-state index in [9.17, 15) is 10.2 Å². The van der Waals surface area contributed by atoms with Gasteiger partial charge >= 0.3 is 0 Å². The van der Waals surface area contributed by atoms with Crippen molar-refractivity contribution >= 4 is 15.9 Å². The number of rotatable bonds is 4. The monoisotopic (exact) mass is 275 g/mol. The second-order valence-corrected chi connectivity index (χ2v) is 3.88. The molecule has 15 heavy (non-hydrogen) atoms. The molecule has 0 fully saturated rings. The number of hydrogen-bond acceptors (Lipinski definition) is 4. The van der Waals surface area contributed by atoms with E-state index in [-0.39, 0.29) is 5.75 Å².